The second kappa shape index (κ2) is 4.83. The van der Waals surface area contributed by atoms with Crippen LogP contribution in [0.15, 0.2) is 18.2 Å². The molecule has 0 saturated carbocycles. The average Bonchev–Trinajstić information content (AvgIpc) is 2.08. The lowest BCUT2D eigenvalue weighted by Crippen LogP contribution is -2.18. The Morgan fingerprint density at radius 3 is 2.40 bits per heavy atom. The van der Waals surface area contributed by atoms with E-state index < -0.39 is 17.9 Å². The van der Waals surface area contributed by atoms with Gasteiger partial charge in [-0.1, -0.05) is 22.0 Å². The highest BCUT2D eigenvalue weighted by Gasteiger charge is 2.32. The van der Waals surface area contributed by atoms with E-state index in [-0.39, 0.29) is 0 Å². The summed E-state index contributed by atoms with van der Waals surface area (Å²) in [5, 5.41) is 0.617. The normalized spacial score (nSPS) is 11.5. The Labute approximate surface area is 92.2 Å². The van der Waals surface area contributed by atoms with Gasteiger partial charge in [0.25, 0.3) is 0 Å². The monoisotopic (exact) mass is 286 g/mol. The van der Waals surface area contributed by atoms with Crippen LogP contribution in [0.5, 0.6) is 5.75 Å². The molecule has 1 aromatic rings. The minimum Gasteiger partial charge on any atom is -0.403 e. The molecule has 0 aromatic heterocycles. The minimum absolute atomic E-state index is 0.545. The van der Waals surface area contributed by atoms with Crippen molar-refractivity contribution >= 4 is 15.9 Å². The smallest absolute Gasteiger partial charge is 0.403 e. The molecule has 1 aromatic carbocycles. The molecule has 0 bridgehead atoms. The van der Waals surface area contributed by atoms with Gasteiger partial charge in [0.05, 0.1) is 0 Å². The fraction of sp³-hybridized carbons (Fsp3) is 0.333. The first kappa shape index (κ1) is 12.3. The number of ether oxygens (including phenoxy) is 1. The van der Waals surface area contributed by atoms with Gasteiger partial charge in [0.1, 0.15) is 0 Å². The van der Waals surface area contributed by atoms with Gasteiger partial charge in [-0.15, -0.1) is 13.2 Å². The molecular formula is C9H7BrF4O. The molecular weight excluding hydrogens is 280 g/mol. The maximum absolute atomic E-state index is 13.1. The van der Waals surface area contributed by atoms with Gasteiger partial charge in [-0.05, 0) is 24.1 Å². The molecule has 0 N–H and O–H groups in total. The third-order valence-corrected chi connectivity index (χ3v) is 2.00. The fourth-order valence-electron chi connectivity index (χ4n) is 1.02. The van der Waals surface area contributed by atoms with Crippen molar-refractivity contribution in [3.63, 3.8) is 0 Å². The van der Waals surface area contributed by atoms with Crippen molar-refractivity contribution in [2.45, 2.75) is 12.8 Å². The standard InChI is InChI=1S/C9H7BrF4O/c10-4-3-6-1-2-8(7(11)5-6)15-9(12,13)14/h1-2,5H,3-4H2. The van der Waals surface area contributed by atoms with Gasteiger partial charge < -0.3 is 4.74 Å². The number of alkyl halides is 4. The highest BCUT2D eigenvalue weighted by molar-refractivity contribution is 9.09. The molecule has 84 valence electrons. The van der Waals surface area contributed by atoms with Crippen LogP contribution >= 0.6 is 15.9 Å². The molecule has 0 fully saturated rings. The molecule has 0 amide bonds. The van der Waals surface area contributed by atoms with Gasteiger partial charge in [-0.25, -0.2) is 4.39 Å². The van der Waals surface area contributed by atoms with Crippen LogP contribution in [-0.4, -0.2) is 11.7 Å². The summed E-state index contributed by atoms with van der Waals surface area (Å²) >= 11 is 3.14. The SMILES string of the molecule is Fc1cc(CCBr)ccc1OC(F)(F)F. The molecule has 0 radical (unpaired) electrons. The first-order valence-electron chi connectivity index (χ1n) is 4.02. The molecule has 1 nitrogen and oxygen atoms in total. The van der Waals surface area contributed by atoms with Crippen molar-refractivity contribution in [2.75, 3.05) is 5.33 Å². The van der Waals surface area contributed by atoms with E-state index in [1.807, 2.05) is 0 Å². The summed E-state index contributed by atoms with van der Waals surface area (Å²) < 4.78 is 51.9. The zero-order chi connectivity index (χ0) is 11.5. The van der Waals surface area contributed by atoms with Crippen LogP contribution in [0, 0.1) is 5.82 Å². The Hall–Kier alpha value is -0.780. The number of benzene rings is 1. The van der Waals surface area contributed by atoms with E-state index >= 15 is 0 Å². The van der Waals surface area contributed by atoms with E-state index in [2.05, 4.69) is 20.7 Å². The van der Waals surface area contributed by atoms with Crippen molar-refractivity contribution in [3.8, 4) is 5.75 Å². The summed E-state index contributed by atoms with van der Waals surface area (Å²) in [5.41, 5.74) is 0.610. The van der Waals surface area contributed by atoms with Gasteiger partial charge in [0, 0.05) is 5.33 Å². The van der Waals surface area contributed by atoms with Crippen molar-refractivity contribution in [3.05, 3.63) is 29.6 Å². The third-order valence-electron chi connectivity index (χ3n) is 1.61. The second-order valence-electron chi connectivity index (χ2n) is 2.75. The third kappa shape index (κ3) is 4.07. The molecule has 0 heterocycles. The van der Waals surface area contributed by atoms with Crippen LogP contribution in [0.2, 0.25) is 0 Å². The molecule has 0 saturated heterocycles. The molecule has 1 rings (SSSR count). The minimum atomic E-state index is -4.86. The van der Waals surface area contributed by atoms with Crippen molar-refractivity contribution in [1.82, 2.24) is 0 Å². The lowest BCUT2D eigenvalue weighted by molar-refractivity contribution is -0.275. The molecule has 6 heteroatoms. The van der Waals surface area contributed by atoms with Crippen molar-refractivity contribution in [1.29, 1.82) is 0 Å². The number of hydrogen-bond donors (Lipinski definition) is 0. The van der Waals surface area contributed by atoms with Crippen molar-refractivity contribution in [2.24, 2.45) is 0 Å². The molecule has 0 aliphatic carbocycles. The lowest BCUT2D eigenvalue weighted by Gasteiger charge is -2.10. The summed E-state index contributed by atoms with van der Waals surface area (Å²) in [6.07, 6.45) is -4.32. The van der Waals surface area contributed by atoms with Crippen LogP contribution in [0.4, 0.5) is 17.6 Å². The number of halogens is 5. The van der Waals surface area contributed by atoms with Crippen molar-refractivity contribution < 1.29 is 22.3 Å². The molecule has 15 heavy (non-hydrogen) atoms. The van der Waals surface area contributed by atoms with Gasteiger partial charge in [0.15, 0.2) is 11.6 Å². The van der Waals surface area contributed by atoms with Crippen LogP contribution in [0.1, 0.15) is 5.56 Å². The van der Waals surface area contributed by atoms with Crippen LogP contribution in [-0.2, 0) is 6.42 Å². The van der Waals surface area contributed by atoms with Gasteiger partial charge in [0.2, 0.25) is 0 Å². The number of hydrogen-bond acceptors (Lipinski definition) is 1. The zero-order valence-corrected chi connectivity index (χ0v) is 9.03. The van der Waals surface area contributed by atoms with Gasteiger partial charge in [-0.2, -0.15) is 0 Å². The topological polar surface area (TPSA) is 9.23 Å². The zero-order valence-electron chi connectivity index (χ0n) is 7.44. The summed E-state index contributed by atoms with van der Waals surface area (Å²) in [6, 6.07) is 3.40. The molecule has 0 aliphatic heterocycles. The second-order valence-corrected chi connectivity index (χ2v) is 3.54. The summed E-state index contributed by atoms with van der Waals surface area (Å²) in [5.74, 6) is -1.81. The summed E-state index contributed by atoms with van der Waals surface area (Å²) in [4.78, 5) is 0. The summed E-state index contributed by atoms with van der Waals surface area (Å²) in [7, 11) is 0. The van der Waals surface area contributed by atoms with E-state index in [0.717, 1.165) is 12.1 Å². The quantitative estimate of drug-likeness (QED) is 0.609. The largest absolute Gasteiger partial charge is 0.573 e. The fourth-order valence-corrected chi connectivity index (χ4v) is 1.47. The van der Waals surface area contributed by atoms with Crippen LogP contribution in [0.3, 0.4) is 0 Å². The van der Waals surface area contributed by atoms with E-state index in [1.54, 1.807) is 0 Å². The van der Waals surface area contributed by atoms with Gasteiger partial charge in [-0.3, -0.25) is 0 Å². The van der Waals surface area contributed by atoms with Crippen LogP contribution in [0.25, 0.3) is 0 Å². The molecule has 0 spiro atoms. The van der Waals surface area contributed by atoms with E-state index in [9.17, 15) is 17.6 Å². The number of rotatable bonds is 3. The Kier molecular flexibility index (Phi) is 3.96. The Morgan fingerprint density at radius 1 is 1.27 bits per heavy atom. The Balaban J connectivity index is 2.84. The highest BCUT2D eigenvalue weighted by Crippen LogP contribution is 2.26. The predicted molar refractivity (Wildman–Crippen MR) is 50.6 cm³/mol. The number of aryl methyl sites for hydroxylation is 1. The summed E-state index contributed by atoms with van der Waals surface area (Å²) in [6.45, 7) is 0. The Bertz CT molecular complexity index is 337. The first-order valence-corrected chi connectivity index (χ1v) is 5.14. The average molecular weight is 287 g/mol. The van der Waals surface area contributed by atoms with E-state index in [0.29, 0.717) is 17.3 Å². The Morgan fingerprint density at radius 2 is 1.93 bits per heavy atom. The molecule has 0 atom stereocenters. The molecule has 0 unspecified atom stereocenters. The van der Waals surface area contributed by atoms with Gasteiger partial charge >= 0.3 is 6.36 Å². The highest BCUT2D eigenvalue weighted by atomic mass is 79.9. The lowest BCUT2D eigenvalue weighted by atomic mass is 10.1. The maximum atomic E-state index is 13.1. The predicted octanol–water partition coefficient (Wildman–Crippen LogP) is 3.66. The van der Waals surface area contributed by atoms with E-state index in [1.165, 1.54) is 6.07 Å². The van der Waals surface area contributed by atoms with Crippen LogP contribution < -0.4 is 4.74 Å². The molecule has 0 aliphatic rings. The van der Waals surface area contributed by atoms with E-state index in [4.69, 9.17) is 0 Å². The first-order chi connectivity index (χ1) is 6.92. The maximum Gasteiger partial charge on any atom is 0.573 e.